The molecule has 0 N–H and O–H groups in total. The third-order valence-electron chi connectivity index (χ3n) is 2.83. The van der Waals surface area contributed by atoms with E-state index < -0.39 is 0 Å². The molecule has 1 rings (SSSR count). The van der Waals surface area contributed by atoms with E-state index in [2.05, 4.69) is 6.92 Å². The van der Waals surface area contributed by atoms with Gasteiger partial charge in [0.25, 0.3) is 0 Å². The standard InChI is InChI=1S/C15H22O3/c1-3-4-12-18-15(16)11-10-14(17-2)13-8-6-5-7-9-13/h5-9,14H,3-4,10-12H2,1-2H3/t14-/m1/s1. The van der Waals surface area contributed by atoms with Gasteiger partial charge in [-0.15, -0.1) is 0 Å². The summed E-state index contributed by atoms with van der Waals surface area (Å²) < 4.78 is 10.5. The highest BCUT2D eigenvalue weighted by atomic mass is 16.5. The topological polar surface area (TPSA) is 35.5 Å². The van der Waals surface area contributed by atoms with Crippen LogP contribution in [-0.4, -0.2) is 19.7 Å². The molecule has 1 aromatic rings. The molecule has 0 aliphatic rings. The van der Waals surface area contributed by atoms with Gasteiger partial charge in [-0.2, -0.15) is 0 Å². The van der Waals surface area contributed by atoms with Crippen LogP contribution in [0.2, 0.25) is 0 Å². The molecule has 0 radical (unpaired) electrons. The third-order valence-corrected chi connectivity index (χ3v) is 2.83. The van der Waals surface area contributed by atoms with Gasteiger partial charge in [0, 0.05) is 13.5 Å². The zero-order valence-corrected chi connectivity index (χ0v) is 11.2. The van der Waals surface area contributed by atoms with E-state index in [-0.39, 0.29) is 12.1 Å². The first-order valence-corrected chi connectivity index (χ1v) is 6.51. The second-order valence-electron chi connectivity index (χ2n) is 4.25. The van der Waals surface area contributed by atoms with E-state index in [1.807, 2.05) is 30.3 Å². The Labute approximate surface area is 109 Å². The zero-order valence-electron chi connectivity index (χ0n) is 11.2. The predicted octanol–water partition coefficient (Wildman–Crippen LogP) is 3.50. The molecule has 0 saturated heterocycles. The van der Waals surface area contributed by atoms with Crippen molar-refractivity contribution in [2.24, 2.45) is 0 Å². The first kappa shape index (κ1) is 14.7. The van der Waals surface area contributed by atoms with Gasteiger partial charge in [-0.1, -0.05) is 43.7 Å². The van der Waals surface area contributed by atoms with Crippen LogP contribution < -0.4 is 0 Å². The smallest absolute Gasteiger partial charge is 0.305 e. The van der Waals surface area contributed by atoms with Crippen molar-refractivity contribution >= 4 is 5.97 Å². The van der Waals surface area contributed by atoms with Crippen molar-refractivity contribution in [2.75, 3.05) is 13.7 Å². The molecule has 0 aliphatic heterocycles. The fraction of sp³-hybridized carbons (Fsp3) is 0.533. The molecule has 1 aromatic carbocycles. The van der Waals surface area contributed by atoms with Gasteiger partial charge in [0.1, 0.15) is 0 Å². The maximum absolute atomic E-state index is 11.5. The molecule has 3 nitrogen and oxygen atoms in total. The summed E-state index contributed by atoms with van der Waals surface area (Å²) in [5.74, 6) is -0.138. The number of carbonyl (C=O) groups is 1. The van der Waals surface area contributed by atoms with Crippen LogP contribution in [0.5, 0.6) is 0 Å². The molecule has 100 valence electrons. The highest BCUT2D eigenvalue weighted by Crippen LogP contribution is 2.21. The molecule has 0 bridgehead atoms. The summed E-state index contributed by atoms with van der Waals surface area (Å²) in [6.07, 6.45) is 2.99. The molecule has 0 unspecified atom stereocenters. The highest BCUT2D eigenvalue weighted by Gasteiger charge is 2.12. The lowest BCUT2D eigenvalue weighted by atomic mass is 10.1. The number of rotatable bonds is 8. The fourth-order valence-corrected chi connectivity index (χ4v) is 1.74. The number of unbranched alkanes of at least 4 members (excludes halogenated alkanes) is 1. The molecular weight excluding hydrogens is 228 g/mol. The highest BCUT2D eigenvalue weighted by molar-refractivity contribution is 5.69. The molecule has 1 atom stereocenters. The predicted molar refractivity (Wildman–Crippen MR) is 71.3 cm³/mol. The number of carbonyl (C=O) groups excluding carboxylic acids is 1. The van der Waals surface area contributed by atoms with Crippen LogP contribution in [0.4, 0.5) is 0 Å². The van der Waals surface area contributed by atoms with Gasteiger partial charge < -0.3 is 9.47 Å². The van der Waals surface area contributed by atoms with Crippen molar-refractivity contribution in [1.29, 1.82) is 0 Å². The van der Waals surface area contributed by atoms with Gasteiger partial charge >= 0.3 is 5.97 Å². The summed E-state index contributed by atoms with van der Waals surface area (Å²) in [6.45, 7) is 2.60. The number of benzene rings is 1. The fourth-order valence-electron chi connectivity index (χ4n) is 1.74. The summed E-state index contributed by atoms with van der Waals surface area (Å²) in [5.41, 5.74) is 1.10. The van der Waals surface area contributed by atoms with E-state index in [0.717, 1.165) is 18.4 Å². The summed E-state index contributed by atoms with van der Waals surface area (Å²) in [6, 6.07) is 9.93. The van der Waals surface area contributed by atoms with Crippen molar-refractivity contribution in [3.8, 4) is 0 Å². The lowest BCUT2D eigenvalue weighted by molar-refractivity contribution is -0.144. The lowest BCUT2D eigenvalue weighted by Gasteiger charge is -2.15. The van der Waals surface area contributed by atoms with Crippen LogP contribution in [0, 0.1) is 0 Å². The van der Waals surface area contributed by atoms with Crippen LogP contribution in [0.3, 0.4) is 0 Å². The van der Waals surface area contributed by atoms with Gasteiger partial charge in [-0.05, 0) is 18.4 Å². The van der Waals surface area contributed by atoms with Crippen LogP contribution >= 0.6 is 0 Å². The van der Waals surface area contributed by atoms with E-state index in [1.54, 1.807) is 7.11 Å². The average molecular weight is 250 g/mol. The number of methoxy groups -OCH3 is 1. The van der Waals surface area contributed by atoms with Crippen molar-refractivity contribution < 1.29 is 14.3 Å². The number of ether oxygens (including phenoxy) is 2. The Hall–Kier alpha value is -1.35. The van der Waals surface area contributed by atoms with E-state index in [1.165, 1.54) is 0 Å². The largest absolute Gasteiger partial charge is 0.466 e. The van der Waals surface area contributed by atoms with Gasteiger partial charge in [0.2, 0.25) is 0 Å². The van der Waals surface area contributed by atoms with Gasteiger partial charge in [-0.3, -0.25) is 4.79 Å². The second kappa shape index (κ2) is 8.70. The van der Waals surface area contributed by atoms with Crippen LogP contribution in [0.25, 0.3) is 0 Å². The van der Waals surface area contributed by atoms with Crippen LogP contribution in [-0.2, 0) is 14.3 Å². The second-order valence-corrected chi connectivity index (χ2v) is 4.25. The minimum absolute atomic E-state index is 0.0371. The molecule has 0 amide bonds. The average Bonchev–Trinajstić information content (AvgIpc) is 2.41. The van der Waals surface area contributed by atoms with Crippen LogP contribution in [0.15, 0.2) is 30.3 Å². The van der Waals surface area contributed by atoms with Gasteiger partial charge in [0.05, 0.1) is 12.7 Å². The normalized spacial score (nSPS) is 12.1. The van der Waals surface area contributed by atoms with Crippen molar-refractivity contribution in [3.05, 3.63) is 35.9 Å². The van der Waals surface area contributed by atoms with Crippen molar-refractivity contribution in [1.82, 2.24) is 0 Å². The molecule has 0 aliphatic carbocycles. The van der Waals surface area contributed by atoms with E-state index in [4.69, 9.17) is 9.47 Å². The Morgan fingerprint density at radius 3 is 2.61 bits per heavy atom. The van der Waals surface area contributed by atoms with E-state index >= 15 is 0 Å². The maximum atomic E-state index is 11.5. The molecule has 0 fully saturated rings. The molecular formula is C15H22O3. The number of esters is 1. The van der Waals surface area contributed by atoms with Gasteiger partial charge in [-0.25, -0.2) is 0 Å². The van der Waals surface area contributed by atoms with E-state index in [0.29, 0.717) is 19.4 Å². The van der Waals surface area contributed by atoms with Crippen molar-refractivity contribution in [2.45, 2.75) is 38.7 Å². The van der Waals surface area contributed by atoms with E-state index in [9.17, 15) is 4.79 Å². The first-order valence-electron chi connectivity index (χ1n) is 6.51. The summed E-state index contributed by atoms with van der Waals surface area (Å²) in [7, 11) is 1.67. The third kappa shape index (κ3) is 5.32. The zero-order chi connectivity index (χ0) is 13.2. The SMILES string of the molecule is CCCCOC(=O)CC[C@@H](OC)c1ccccc1. The maximum Gasteiger partial charge on any atom is 0.305 e. The summed E-state index contributed by atoms with van der Waals surface area (Å²) >= 11 is 0. The molecule has 0 spiro atoms. The molecule has 0 heterocycles. The van der Waals surface area contributed by atoms with Crippen molar-refractivity contribution in [3.63, 3.8) is 0 Å². The number of hydrogen-bond acceptors (Lipinski definition) is 3. The number of hydrogen-bond donors (Lipinski definition) is 0. The quantitative estimate of drug-likeness (QED) is 0.523. The summed E-state index contributed by atoms with van der Waals surface area (Å²) in [5, 5.41) is 0. The summed E-state index contributed by atoms with van der Waals surface area (Å²) in [4.78, 5) is 11.5. The van der Waals surface area contributed by atoms with Gasteiger partial charge in [0.15, 0.2) is 0 Å². The first-order chi connectivity index (χ1) is 8.77. The Kier molecular flexibility index (Phi) is 7.11. The molecule has 0 saturated carbocycles. The Bertz CT molecular complexity index is 335. The lowest BCUT2D eigenvalue weighted by Crippen LogP contribution is -2.09. The Morgan fingerprint density at radius 2 is 2.00 bits per heavy atom. The molecule has 18 heavy (non-hydrogen) atoms. The van der Waals surface area contributed by atoms with Crippen LogP contribution in [0.1, 0.15) is 44.3 Å². The minimum atomic E-state index is -0.138. The minimum Gasteiger partial charge on any atom is -0.466 e. The molecule has 0 aromatic heterocycles. The monoisotopic (exact) mass is 250 g/mol. The molecule has 3 heteroatoms. The Morgan fingerprint density at radius 1 is 1.28 bits per heavy atom. The Balaban J connectivity index is 2.34.